The molecule has 0 radical (unpaired) electrons. The molecule has 1 aliphatic rings. The predicted octanol–water partition coefficient (Wildman–Crippen LogP) is 3.02. The molecule has 1 aromatic heterocycles. The van der Waals surface area contributed by atoms with E-state index in [1.54, 1.807) is 18.3 Å². The van der Waals surface area contributed by atoms with Gasteiger partial charge in [0.1, 0.15) is 5.60 Å². The second-order valence-corrected chi connectivity index (χ2v) is 6.65. The van der Waals surface area contributed by atoms with Gasteiger partial charge in [-0.05, 0) is 43.2 Å². The van der Waals surface area contributed by atoms with Crippen LogP contribution in [0.2, 0.25) is 0 Å². The number of carbonyl (C=O) groups is 1. The smallest absolute Gasteiger partial charge is 0.383 e. The van der Waals surface area contributed by atoms with Crippen LogP contribution in [0.3, 0.4) is 0 Å². The summed E-state index contributed by atoms with van der Waals surface area (Å²) in [6, 6.07) is 9.91. The van der Waals surface area contributed by atoms with Crippen LogP contribution in [0.25, 0.3) is 0 Å². The minimum absolute atomic E-state index is 0.0501. The zero-order valence-corrected chi connectivity index (χ0v) is 14.5. The van der Waals surface area contributed by atoms with Gasteiger partial charge in [-0.1, -0.05) is 12.1 Å². The molecule has 0 atom stereocenters. The zero-order chi connectivity index (χ0) is 19.5. The van der Waals surface area contributed by atoms with E-state index in [0.29, 0.717) is 31.6 Å². The summed E-state index contributed by atoms with van der Waals surface area (Å²) >= 11 is 0. The maximum Gasteiger partial charge on any atom is 0.416 e. The normalized spacial score (nSPS) is 17.5. The number of likely N-dealkylation sites (tertiary alicyclic amines) is 1. The number of rotatable bonds is 4. The van der Waals surface area contributed by atoms with Gasteiger partial charge in [-0.3, -0.25) is 14.7 Å². The van der Waals surface area contributed by atoms with Crippen LogP contribution in [0, 0.1) is 0 Å². The Morgan fingerprint density at radius 2 is 1.93 bits per heavy atom. The minimum atomic E-state index is -4.45. The monoisotopic (exact) mass is 379 g/mol. The standard InChI is InChI=1S/C19H20F3N3O2/c20-19(21,22)14-4-3-5-15(12-14)24-17(26)13-25-10-7-18(27,8-11-25)16-6-1-2-9-23-16/h1-6,9,12,27H,7-8,10-11,13H2,(H,24,26). The van der Waals surface area contributed by atoms with Crippen molar-refractivity contribution in [1.82, 2.24) is 9.88 Å². The molecule has 0 unspecified atom stereocenters. The average molecular weight is 379 g/mol. The molecule has 8 heteroatoms. The largest absolute Gasteiger partial charge is 0.416 e. The number of alkyl halides is 3. The molecule has 1 aliphatic heterocycles. The van der Waals surface area contributed by atoms with Crippen molar-refractivity contribution in [1.29, 1.82) is 0 Å². The Balaban J connectivity index is 1.54. The van der Waals surface area contributed by atoms with Gasteiger partial charge in [0.05, 0.1) is 17.8 Å². The number of hydrogen-bond donors (Lipinski definition) is 2. The number of nitrogens with zero attached hydrogens (tertiary/aromatic N) is 2. The number of hydrogen-bond acceptors (Lipinski definition) is 4. The van der Waals surface area contributed by atoms with Gasteiger partial charge < -0.3 is 10.4 Å². The summed E-state index contributed by atoms with van der Waals surface area (Å²) in [7, 11) is 0. The maximum atomic E-state index is 12.7. The van der Waals surface area contributed by atoms with Crippen molar-refractivity contribution in [3.05, 3.63) is 59.9 Å². The van der Waals surface area contributed by atoms with Gasteiger partial charge in [-0.15, -0.1) is 0 Å². The number of nitrogens with one attached hydrogen (secondary N) is 1. The summed E-state index contributed by atoms with van der Waals surface area (Å²) in [5.41, 5.74) is -1.11. The Hall–Kier alpha value is -2.45. The van der Waals surface area contributed by atoms with Crippen LogP contribution in [0.5, 0.6) is 0 Å². The van der Waals surface area contributed by atoms with Crippen LogP contribution in [0.1, 0.15) is 24.1 Å². The quantitative estimate of drug-likeness (QED) is 0.857. The van der Waals surface area contributed by atoms with Crippen molar-refractivity contribution in [2.75, 3.05) is 25.0 Å². The number of benzene rings is 1. The van der Waals surface area contributed by atoms with Crippen molar-refractivity contribution >= 4 is 11.6 Å². The van der Waals surface area contributed by atoms with Gasteiger partial charge in [0.25, 0.3) is 0 Å². The first kappa shape index (κ1) is 19.3. The molecule has 1 amide bonds. The summed E-state index contributed by atoms with van der Waals surface area (Å²) in [6.45, 7) is 1.03. The Bertz CT molecular complexity index is 788. The highest BCUT2D eigenvalue weighted by atomic mass is 19.4. The van der Waals surface area contributed by atoms with Crippen LogP contribution in [0.15, 0.2) is 48.7 Å². The number of piperidine rings is 1. The van der Waals surface area contributed by atoms with Gasteiger partial charge in [0.2, 0.25) is 5.91 Å². The van der Waals surface area contributed by atoms with E-state index >= 15 is 0 Å². The molecule has 0 saturated carbocycles. The molecule has 0 bridgehead atoms. The molecule has 2 heterocycles. The number of aliphatic hydroxyl groups is 1. The fourth-order valence-electron chi connectivity index (χ4n) is 3.15. The lowest BCUT2D eigenvalue weighted by Gasteiger charge is -2.37. The molecule has 144 valence electrons. The first-order valence-electron chi connectivity index (χ1n) is 8.60. The van der Waals surface area contributed by atoms with Crippen molar-refractivity contribution in [2.45, 2.75) is 24.6 Å². The zero-order valence-electron chi connectivity index (χ0n) is 14.5. The van der Waals surface area contributed by atoms with Crippen LogP contribution < -0.4 is 5.32 Å². The maximum absolute atomic E-state index is 12.7. The van der Waals surface area contributed by atoms with Gasteiger partial charge in [-0.2, -0.15) is 13.2 Å². The summed E-state index contributed by atoms with van der Waals surface area (Å²) in [6.07, 6.45) is -1.96. The number of carbonyl (C=O) groups excluding carboxylic acids is 1. The van der Waals surface area contributed by atoms with E-state index in [1.807, 2.05) is 11.0 Å². The third kappa shape index (κ3) is 4.84. The van der Waals surface area contributed by atoms with E-state index in [2.05, 4.69) is 10.3 Å². The van der Waals surface area contributed by atoms with Gasteiger partial charge in [-0.25, -0.2) is 0 Å². The second-order valence-electron chi connectivity index (χ2n) is 6.65. The Morgan fingerprint density at radius 1 is 1.19 bits per heavy atom. The van der Waals surface area contributed by atoms with Crippen LogP contribution >= 0.6 is 0 Å². The fourth-order valence-corrected chi connectivity index (χ4v) is 3.15. The van der Waals surface area contributed by atoms with E-state index in [9.17, 15) is 23.1 Å². The van der Waals surface area contributed by atoms with E-state index in [0.717, 1.165) is 12.1 Å². The van der Waals surface area contributed by atoms with Crippen molar-refractivity contribution in [3.63, 3.8) is 0 Å². The molecule has 5 nitrogen and oxygen atoms in total. The number of anilines is 1. The summed E-state index contributed by atoms with van der Waals surface area (Å²) in [5.74, 6) is -0.391. The average Bonchev–Trinajstić information content (AvgIpc) is 2.64. The Labute approximate surface area is 154 Å². The minimum Gasteiger partial charge on any atom is -0.383 e. The van der Waals surface area contributed by atoms with Crippen molar-refractivity contribution in [3.8, 4) is 0 Å². The lowest BCUT2D eigenvalue weighted by atomic mass is 9.88. The molecular formula is C19H20F3N3O2. The molecule has 2 N–H and O–H groups in total. The van der Waals surface area contributed by atoms with E-state index in [4.69, 9.17) is 0 Å². The topological polar surface area (TPSA) is 65.5 Å². The second kappa shape index (κ2) is 7.66. The lowest BCUT2D eigenvalue weighted by Crippen LogP contribution is -2.45. The van der Waals surface area contributed by atoms with Crippen LogP contribution in [0.4, 0.5) is 18.9 Å². The molecule has 1 saturated heterocycles. The van der Waals surface area contributed by atoms with E-state index in [1.165, 1.54) is 12.1 Å². The summed E-state index contributed by atoms with van der Waals surface area (Å²) in [5, 5.41) is 13.2. The molecule has 0 aliphatic carbocycles. The fraction of sp³-hybridized carbons (Fsp3) is 0.368. The first-order chi connectivity index (χ1) is 12.8. The highest BCUT2D eigenvalue weighted by Crippen LogP contribution is 2.32. The molecule has 3 rings (SSSR count). The number of amides is 1. The Kier molecular flexibility index (Phi) is 5.48. The van der Waals surface area contributed by atoms with E-state index < -0.39 is 23.2 Å². The van der Waals surface area contributed by atoms with E-state index in [-0.39, 0.29) is 12.2 Å². The van der Waals surface area contributed by atoms with Crippen LogP contribution in [-0.2, 0) is 16.6 Å². The summed E-state index contributed by atoms with van der Waals surface area (Å²) < 4.78 is 38.2. The lowest BCUT2D eigenvalue weighted by molar-refractivity contribution is -0.137. The third-order valence-corrected chi connectivity index (χ3v) is 4.67. The highest BCUT2D eigenvalue weighted by Gasteiger charge is 2.35. The SMILES string of the molecule is O=C(CN1CCC(O)(c2ccccn2)CC1)Nc1cccc(C(F)(F)F)c1. The number of aromatic nitrogens is 1. The van der Waals surface area contributed by atoms with Gasteiger partial charge >= 0.3 is 6.18 Å². The van der Waals surface area contributed by atoms with Gasteiger partial charge in [0.15, 0.2) is 0 Å². The third-order valence-electron chi connectivity index (χ3n) is 4.67. The number of halogens is 3. The molecule has 2 aromatic rings. The predicted molar refractivity (Wildman–Crippen MR) is 93.9 cm³/mol. The van der Waals surface area contributed by atoms with Crippen LogP contribution in [-0.4, -0.2) is 40.5 Å². The Morgan fingerprint density at radius 3 is 2.56 bits per heavy atom. The van der Waals surface area contributed by atoms with Crippen molar-refractivity contribution in [2.24, 2.45) is 0 Å². The highest BCUT2D eigenvalue weighted by molar-refractivity contribution is 5.92. The molecule has 27 heavy (non-hydrogen) atoms. The summed E-state index contributed by atoms with van der Waals surface area (Å²) in [4.78, 5) is 18.2. The molecular weight excluding hydrogens is 359 g/mol. The molecule has 1 fully saturated rings. The van der Waals surface area contributed by atoms with Crippen molar-refractivity contribution < 1.29 is 23.1 Å². The molecule has 1 aromatic carbocycles. The first-order valence-corrected chi connectivity index (χ1v) is 8.60. The number of pyridine rings is 1. The molecule has 0 spiro atoms. The van der Waals surface area contributed by atoms with Gasteiger partial charge in [0, 0.05) is 25.0 Å².